The van der Waals surface area contributed by atoms with Gasteiger partial charge < -0.3 is 9.15 Å². The predicted octanol–water partition coefficient (Wildman–Crippen LogP) is 2.54. The average Bonchev–Trinajstić information content (AvgIpc) is 3.29. The quantitative estimate of drug-likeness (QED) is 0.569. The molecule has 132 valence electrons. The molecular weight excluding hydrogens is 356 g/mol. The number of rotatable bonds is 4. The van der Waals surface area contributed by atoms with Gasteiger partial charge in [0.1, 0.15) is 17.0 Å². The van der Waals surface area contributed by atoms with Crippen molar-refractivity contribution in [1.29, 1.82) is 0 Å². The number of furan rings is 1. The summed E-state index contributed by atoms with van der Waals surface area (Å²) < 4.78 is 34.7. The number of aromatic amines is 1. The van der Waals surface area contributed by atoms with Crippen LogP contribution in [-0.4, -0.2) is 30.7 Å². The van der Waals surface area contributed by atoms with Crippen LogP contribution in [0.2, 0.25) is 0 Å². The van der Waals surface area contributed by atoms with E-state index in [4.69, 9.17) is 14.3 Å². The first-order valence-electron chi connectivity index (χ1n) is 7.57. The maximum Gasteiger partial charge on any atom is 0.238 e. The van der Waals surface area contributed by atoms with E-state index in [1.165, 1.54) is 25.3 Å². The number of methoxy groups -OCH3 is 1. The Morgan fingerprint density at radius 3 is 2.65 bits per heavy atom. The molecule has 3 heterocycles. The van der Waals surface area contributed by atoms with Crippen molar-refractivity contribution >= 4 is 21.1 Å². The molecule has 0 bridgehead atoms. The van der Waals surface area contributed by atoms with Crippen LogP contribution in [-0.2, 0) is 10.0 Å². The van der Waals surface area contributed by atoms with Gasteiger partial charge in [0.2, 0.25) is 10.0 Å². The van der Waals surface area contributed by atoms with Crippen LogP contribution >= 0.6 is 0 Å². The van der Waals surface area contributed by atoms with Gasteiger partial charge >= 0.3 is 0 Å². The van der Waals surface area contributed by atoms with E-state index in [2.05, 4.69) is 15.2 Å². The zero-order valence-corrected chi connectivity index (χ0v) is 14.4. The minimum atomic E-state index is -3.86. The summed E-state index contributed by atoms with van der Waals surface area (Å²) >= 11 is 0. The Hall–Kier alpha value is -3.17. The van der Waals surface area contributed by atoms with Crippen LogP contribution in [0.5, 0.6) is 5.75 Å². The number of nitrogens with zero attached hydrogens (tertiary/aromatic N) is 2. The topological polar surface area (TPSA) is 124 Å². The van der Waals surface area contributed by atoms with Gasteiger partial charge in [-0.1, -0.05) is 0 Å². The van der Waals surface area contributed by atoms with Gasteiger partial charge in [0.15, 0.2) is 5.58 Å². The molecule has 0 aliphatic heterocycles. The first kappa shape index (κ1) is 16.3. The molecule has 0 unspecified atom stereocenters. The lowest BCUT2D eigenvalue weighted by molar-refractivity contribution is 0.414. The van der Waals surface area contributed by atoms with Crippen LogP contribution in [0, 0.1) is 0 Å². The van der Waals surface area contributed by atoms with Crippen molar-refractivity contribution in [2.45, 2.75) is 4.90 Å². The molecule has 0 aliphatic carbocycles. The molecule has 8 nitrogen and oxygen atoms in total. The first-order valence-corrected chi connectivity index (χ1v) is 9.11. The van der Waals surface area contributed by atoms with Crippen LogP contribution in [0.25, 0.3) is 33.7 Å². The SMILES string of the molecule is COc1ccc(S(N)(=O)=O)cc1-c1cc2nccc(-c3ccn[nH]3)c2o1. The van der Waals surface area contributed by atoms with E-state index in [0.29, 0.717) is 28.2 Å². The van der Waals surface area contributed by atoms with Crippen molar-refractivity contribution in [3.8, 4) is 28.3 Å². The molecule has 4 aromatic rings. The predicted molar refractivity (Wildman–Crippen MR) is 95.0 cm³/mol. The molecule has 4 rings (SSSR count). The van der Waals surface area contributed by atoms with Gasteiger partial charge in [-0.3, -0.25) is 10.1 Å². The monoisotopic (exact) mass is 370 g/mol. The number of nitrogens with two attached hydrogens (primary N) is 1. The van der Waals surface area contributed by atoms with Crippen molar-refractivity contribution in [1.82, 2.24) is 15.2 Å². The van der Waals surface area contributed by atoms with Gasteiger partial charge in [-0.05, 0) is 30.3 Å². The maximum atomic E-state index is 11.7. The fourth-order valence-electron chi connectivity index (χ4n) is 2.75. The third kappa shape index (κ3) is 2.72. The number of H-pyrrole nitrogens is 1. The summed E-state index contributed by atoms with van der Waals surface area (Å²) in [6, 6.07) is 9.68. The molecule has 3 N–H and O–H groups in total. The maximum absolute atomic E-state index is 11.7. The minimum Gasteiger partial charge on any atom is -0.496 e. The molecule has 3 aromatic heterocycles. The van der Waals surface area contributed by atoms with Crippen LogP contribution in [0.15, 0.2) is 58.1 Å². The van der Waals surface area contributed by atoms with Gasteiger partial charge in [0.05, 0.1) is 23.3 Å². The summed E-state index contributed by atoms with van der Waals surface area (Å²) in [5.74, 6) is 0.876. The van der Waals surface area contributed by atoms with Crippen LogP contribution in [0.1, 0.15) is 0 Å². The number of sulfonamides is 1. The normalized spacial score (nSPS) is 11.8. The standard InChI is InChI=1S/C17H14N4O4S/c1-24-15-3-2-10(26(18,22)23)8-12(15)16-9-14-17(25-16)11(4-6-19-14)13-5-7-20-21-13/h2-9H,1H3,(H,20,21)(H2,18,22,23). The van der Waals surface area contributed by atoms with E-state index in [9.17, 15) is 8.42 Å². The second-order valence-corrected chi connectivity index (χ2v) is 7.12. The summed E-state index contributed by atoms with van der Waals surface area (Å²) in [7, 11) is -2.37. The Balaban J connectivity index is 1.94. The number of fused-ring (bicyclic) bond motifs is 1. The van der Waals surface area contributed by atoms with E-state index >= 15 is 0 Å². The number of pyridine rings is 1. The molecule has 1 aromatic carbocycles. The zero-order valence-electron chi connectivity index (χ0n) is 13.6. The summed E-state index contributed by atoms with van der Waals surface area (Å²) in [6.45, 7) is 0. The fraction of sp³-hybridized carbons (Fsp3) is 0.0588. The number of hydrogen-bond donors (Lipinski definition) is 2. The van der Waals surface area contributed by atoms with Crippen LogP contribution < -0.4 is 9.88 Å². The van der Waals surface area contributed by atoms with Crippen molar-refractivity contribution in [2.24, 2.45) is 5.14 Å². The second kappa shape index (κ2) is 5.97. The number of benzene rings is 1. The third-order valence-corrected chi connectivity index (χ3v) is 4.88. The highest BCUT2D eigenvalue weighted by molar-refractivity contribution is 7.89. The highest BCUT2D eigenvalue weighted by Gasteiger charge is 2.18. The minimum absolute atomic E-state index is 0.0319. The van der Waals surface area contributed by atoms with E-state index in [0.717, 1.165) is 11.3 Å². The van der Waals surface area contributed by atoms with Crippen molar-refractivity contribution in [2.75, 3.05) is 7.11 Å². The van der Waals surface area contributed by atoms with Gasteiger partial charge in [-0.15, -0.1) is 0 Å². The Labute approximate surface area is 148 Å². The van der Waals surface area contributed by atoms with Crippen LogP contribution in [0.3, 0.4) is 0 Å². The molecule has 0 amide bonds. The van der Waals surface area contributed by atoms with Crippen molar-refractivity contribution < 1.29 is 17.6 Å². The Morgan fingerprint density at radius 1 is 1.12 bits per heavy atom. The highest BCUT2D eigenvalue weighted by atomic mass is 32.2. The number of ether oxygens (including phenoxy) is 1. The smallest absolute Gasteiger partial charge is 0.238 e. The van der Waals surface area contributed by atoms with Gasteiger partial charge in [-0.2, -0.15) is 5.10 Å². The molecule has 9 heteroatoms. The number of primary sulfonamides is 1. The second-order valence-electron chi connectivity index (χ2n) is 5.56. The lowest BCUT2D eigenvalue weighted by atomic mass is 10.1. The molecular formula is C17H14N4O4S. The van der Waals surface area contributed by atoms with Gasteiger partial charge in [0.25, 0.3) is 0 Å². The third-order valence-electron chi connectivity index (χ3n) is 3.97. The lowest BCUT2D eigenvalue weighted by Gasteiger charge is -2.08. The number of aromatic nitrogens is 3. The van der Waals surface area contributed by atoms with E-state index in [1.54, 1.807) is 24.5 Å². The molecule has 0 spiro atoms. The Kier molecular flexibility index (Phi) is 3.74. The summed E-state index contributed by atoms with van der Waals surface area (Å²) in [4.78, 5) is 4.28. The molecule has 0 radical (unpaired) electrons. The lowest BCUT2D eigenvalue weighted by Crippen LogP contribution is -2.12. The van der Waals surface area contributed by atoms with Crippen LogP contribution in [0.4, 0.5) is 0 Å². The summed E-state index contributed by atoms with van der Waals surface area (Å²) in [5.41, 5.74) is 3.21. The molecule has 0 saturated carbocycles. The molecule has 0 saturated heterocycles. The molecule has 0 fully saturated rings. The summed E-state index contributed by atoms with van der Waals surface area (Å²) in [6.07, 6.45) is 3.31. The molecule has 0 atom stereocenters. The van der Waals surface area contributed by atoms with Gasteiger partial charge in [0, 0.05) is 24.0 Å². The Morgan fingerprint density at radius 2 is 1.96 bits per heavy atom. The number of hydrogen-bond acceptors (Lipinski definition) is 6. The molecule has 26 heavy (non-hydrogen) atoms. The van der Waals surface area contributed by atoms with Gasteiger partial charge in [-0.25, -0.2) is 13.6 Å². The fourth-order valence-corrected chi connectivity index (χ4v) is 3.29. The average molecular weight is 370 g/mol. The van der Waals surface area contributed by atoms with E-state index in [-0.39, 0.29) is 4.90 Å². The first-order chi connectivity index (χ1) is 12.5. The largest absolute Gasteiger partial charge is 0.496 e. The molecule has 0 aliphatic rings. The Bertz CT molecular complexity index is 1200. The van der Waals surface area contributed by atoms with E-state index < -0.39 is 10.0 Å². The van der Waals surface area contributed by atoms with Crippen molar-refractivity contribution in [3.05, 3.63) is 48.8 Å². The summed E-state index contributed by atoms with van der Waals surface area (Å²) in [5, 5.41) is 12.1. The van der Waals surface area contributed by atoms with E-state index in [1.807, 2.05) is 6.07 Å². The highest BCUT2D eigenvalue weighted by Crippen LogP contribution is 2.37. The van der Waals surface area contributed by atoms with Crippen molar-refractivity contribution in [3.63, 3.8) is 0 Å². The number of nitrogens with one attached hydrogen (secondary N) is 1. The zero-order chi connectivity index (χ0) is 18.3.